The van der Waals surface area contributed by atoms with Gasteiger partial charge in [-0.3, -0.25) is 9.59 Å². The lowest BCUT2D eigenvalue weighted by atomic mass is 10.0. The minimum Gasteiger partial charge on any atom is -0.481 e. The highest BCUT2D eigenvalue weighted by atomic mass is 32.2. The van der Waals surface area contributed by atoms with Crippen molar-refractivity contribution in [3.63, 3.8) is 0 Å². The molecular formula is C21H21NO4S2. The van der Waals surface area contributed by atoms with Crippen molar-refractivity contribution < 1.29 is 19.4 Å². The number of aliphatic carboxylic acids is 1. The Balaban J connectivity index is 1.78. The summed E-state index contributed by atoms with van der Waals surface area (Å²) in [4.78, 5) is 25.8. The van der Waals surface area contributed by atoms with Crippen molar-refractivity contribution in [2.45, 2.75) is 27.2 Å². The molecule has 1 unspecified atom stereocenters. The van der Waals surface area contributed by atoms with Gasteiger partial charge >= 0.3 is 5.97 Å². The molecular weight excluding hydrogens is 394 g/mol. The minimum atomic E-state index is -1.02. The number of rotatable bonds is 4. The summed E-state index contributed by atoms with van der Waals surface area (Å²) in [5.74, 6) is -0.441. The van der Waals surface area contributed by atoms with Crippen LogP contribution in [0.2, 0.25) is 0 Å². The third-order valence-corrected chi connectivity index (χ3v) is 6.32. The van der Waals surface area contributed by atoms with Crippen LogP contribution in [0, 0.1) is 19.8 Å². The van der Waals surface area contributed by atoms with Gasteiger partial charge in [-0.1, -0.05) is 30.1 Å². The minimum absolute atomic E-state index is 0.217. The second-order valence-corrected chi connectivity index (χ2v) is 8.71. The topological polar surface area (TPSA) is 66.8 Å². The smallest absolute Gasteiger partial charge is 0.304 e. The number of carboxylic acids is 1. The molecule has 1 saturated heterocycles. The highest BCUT2D eigenvalue weighted by Crippen LogP contribution is 2.40. The molecule has 0 aliphatic carbocycles. The molecule has 28 heavy (non-hydrogen) atoms. The van der Waals surface area contributed by atoms with E-state index in [2.05, 4.69) is 19.9 Å². The van der Waals surface area contributed by atoms with Crippen LogP contribution >= 0.6 is 24.0 Å². The van der Waals surface area contributed by atoms with Crippen molar-refractivity contribution in [3.05, 3.63) is 57.8 Å². The maximum atomic E-state index is 12.4. The fourth-order valence-electron chi connectivity index (χ4n) is 2.98. The van der Waals surface area contributed by atoms with Crippen LogP contribution in [-0.2, 0) is 9.59 Å². The zero-order chi connectivity index (χ0) is 20.6. The Hall–Kier alpha value is -2.38. The molecule has 2 aliphatic rings. The molecule has 1 fully saturated rings. The Morgan fingerprint density at radius 1 is 1.36 bits per heavy atom. The van der Waals surface area contributed by atoms with Gasteiger partial charge in [0.1, 0.15) is 0 Å². The van der Waals surface area contributed by atoms with Crippen molar-refractivity contribution >= 4 is 45.6 Å². The standard InChI is InChI=1S/C21H21NO4S2/c1-11(7-17-20(25)14(10-19(23)24)21(27)28-17)5-6-18-22(4)15-8-12(2)13(3)9-16(15)26-18/h5-9,14H,10H2,1-4H3,(H,23,24)/b11-5+,17-7+,18-6-. The second kappa shape index (κ2) is 7.93. The molecule has 5 nitrogen and oxygen atoms in total. The summed E-state index contributed by atoms with van der Waals surface area (Å²) in [7, 11) is 1.94. The molecule has 146 valence electrons. The predicted molar refractivity (Wildman–Crippen MR) is 116 cm³/mol. The first kappa shape index (κ1) is 20.4. The number of fused-ring (bicyclic) bond motifs is 1. The van der Waals surface area contributed by atoms with Crippen LogP contribution in [0.4, 0.5) is 5.69 Å². The second-order valence-electron chi connectivity index (χ2n) is 6.93. The average Bonchev–Trinajstić information content (AvgIpc) is 3.05. The van der Waals surface area contributed by atoms with Crippen LogP contribution in [0.25, 0.3) is 0 Å². The number of thioether (sulfide) groups is 1. The number of aryl methyl sites for hydroxylation is 2. The number of ketones is 1. The number of carbonyl (C=O) groups is 2. The van der Waals surface area contributed by atoms with Gasteiger partial charge in [0.2, 0.25) is 0 Å². The Labute approximate surface area is 173 Å². The number of Topliss-reactive ketones (excluding diaryl/α,β-unsaturated/α-hetero) is 1. The number of anilines is 1. The van der Waals surface area contributed by atoms with Crippen LogP contribution in [0.1, 0.15) is 24.5 Å². The van der Waals surface area contributed by atoms with Gasteiger partial charge in [0.15, 0.2) is 17.4 Å². The van der Waals surface area contributed by atoms with Crippen molar-refractivity contribution in [2.24, 2.45) is 5.92 Å². The van der Waals surface area contributed by atoms with E-state index in [1.165, 1.54) is 22.9 Å². The van der Waals surface area contributed by atoms with E-state index in [1.54, 1.807) is 6.08 Å². The largest absolute Gasteiger partial charge is 0.481 e. The number of allylic oxidation sites excluding steroid dienone is 5. The first-order valence-electron chi connectivity index (χ1n) is 8.78. The average molecular weight is 416 g/mol. The Morgan fingerprint density at radius 2 is 2.04 bits per heavy atom. The van der Waals surface area contributed by atoms with Gasteiger partial charge in [-0.15, -0.1) is 0 Å². The van der Waals surface area contributed by atoms with Crippen LogP contribution in [-0.4, -0.2) is 28.1 Å². The van der Waals surface area contributed by atoms with E-state index >= 15 is 0 Å². The number of hydrogen-bond acceptors (Lipinski definition) is 6. The number of ether oxygens (including phenoxy) is 1. The van der Waals surface area contributed by atoms with E-state index in [4.69, 9.17) is 22.1 Å². The summed E-state index contributed by atoms with van der Waals surface area (Å²) < 4.78 is 6.36. The lowest BCUT2D eigenvalue weighted by Gasteiger charge is -2.11. The molecule has 7 heteroatoms. The van der Waals surface area contributed by atoms with E-state index in [0.717, 1.165) is 17.0 Å². The molecule has 2 heterocycles. The van der Waals surface area contributed by atoms with Crippen molar-refractivity contribution in [1.82, 2.24) is 0 Å². The molecule has 0 radical (unpaired) electrons. The van der Waals surface area contributed by atoms with Crippen LogP contribution < -0.4 is 9.64 Å². The molecule has 0 aromatic heterocycles. The van der Waals surface area contributed by atoms with Gasteiger partial charge in [-0.05, 0) is 61.8 Å². The summed E-state index contributed by atoms with van der Waals surface area (Å²) >= 11 is 6.35. The first-order chi connectivity index (χ1) is 13.2. The Morgan fingerprint density at radius 3 is 2.71 bits per heavy atom. The third-order valence-electron chi connectivity index (χ3n) is 4.76. The number of benzene rings is 1. The maximum absolute atomic E-state index is 12.4. The SMILES string of the molecule is CC(=C\C=C1/Oc2cc(C)c(C)cc2N1C)/C=C1/SC(=S)C(CC(=O)O)C1=O. The maximum Gasteiger partial charge on any atom is 0.304 e. The lowest BCUT2D eigenvalue weighted by molar-refractivity contribution is -0.139. The molecule has 3 rings (SSSR count). The number of carbonyl (C=O) groups excluding carboxylic acids is 1. The summed E-state index contributed by atoms with van der Waals surface area (Å²) in [5, 5.41) is 8.94. The van der Waals surface area contributed by atoms with E-state index in [0.29, 0.717) is 15.0 Å². The molecule has 0 spiro atoms. The van der Waals surface area contributed by atoms with Gasteiger partial charge in [-0.2, -0.15) is 0 Å². The summed E-state index contributed by atoms with van der Waals surface area (Å²) in [6, 6.07) is 4.12. The number of nitrogens with zero attached hydrogens (tertiary/aromatic N) is 1. The number of carboxylic acid groups (broad SMARTS) is 1. The molecule has 0 saturated carbocycles. The fraction of sp³-hybridized carbons (Fsp3) is 0.286. The monoisotopic (exact) mass is 415 g/mol. The molecule has 0 amide bonds. The van der Waals surface area contributed by atoms with Gasteiger partial charge in [0.05, 0.1) is 27.1 Å². The number of hydrogen-bond donors (Lipinski definition) is 1. The summed E-state index contributed by atoms with van der Waals surface area (Å²) in [6.45, 7) is 6.00. The van der Waals surface area contributed by atoms with Crippen LogP contribution in [0.3, 0.4) is 0 Å². The van der Waals surface area contributed by atoms with Crippen molar-refractivity contribution in [2.75, 3.05) is 11.9 Å². The van der Waals surface area contributed by atoms with E-state index in [-0.39, 0.29) is 12.2 Å². The van der Waals surface area contributed by atoms with Crippen molar-refractivity contribution in [3.8, 4) is 5.75 Å². The molecule has 0 bridgehead atoms. The predicted octanol–water partition coefficient (Wildman–Crippen LogP) is 4.54. The van der Waals surface area contributed by atoms with Crippen LogP contribution in [0.15, 0.2) is 46.7 Å². The number of thiocarbonyl (C=S) groups is 1. The quantitative estimate of drug-likeness (QED) is 0.572. The Bertz CT molecular complexity index is 975. The summed E-state index contributed by atoms with van der Waals surface area (Å²) in [6.07, 6.45) is 5.21. The highest BCUT2D eigenvalue weighted by Gasteiger charge is 2.36. The van der Waals surface area contributed by atoms with E-state index in [1.807, 2.05) is 37.1 Å². The normalized spacial score (nSPS) is 22.2. The molecule has 1 aromatic carbocycles. The fourth-order valence-corrected chi connectivity index (χ4v) is 4.48. The summed E-state index contributed by atoms with van der Waals surface area (Å²) in [5.41, 5.74) is 4.24. The van der Waals surface area contributed by atoms with Gasteiger partial charge in [0, 0.05) is 7.05 Å². The molecule has 1 aromatic rings. The van der Waals surface area contributed by atoms with E-state index < -0.39 is 11.9 Å². The zero-order valence-corrected chi connectivity index (χ0v) is 17.7. The van der Waals surface area contributed by atoms with Gasteiger partial charge < -0.3 is 14.7 Å². The first-order valence-corrected chi connectivity index (χ1v) is 10.0. The van der Waals surface area contributed by atoms with E-state index in [9.17, 15) is 9.59 Å². The zero-order valence-electron chi connectivity index (χ0n) is 16.1. The lowest BCUT2D eigenvalue weighted by Crippen LogP contribution is -2.17. The Kier molecular flexibility index (Phi) is 5.76. The molecule has 1 N–H and O–H groups in total. The van der Waals surface area contributed by atoms with Gasteiger partial charge in [0.25, 0.3) is 0 Å². The third kappa shape index (κ3) is 4.05. The van der Waals surface area contributed by atoms with Gasteiger partial charge in [-0.25, -0.2) is 0 Å². The molecule has 1 atom stereocenters. The molecule has 2 aliphatic heterocycles. The van der Waals surface area contributed by atoms with Crippen LogP contribution in [0.5, 0.6) is 5.75 Å². The highest BCUT2D eigenvalue weighted by molar-refractivity contribution is 8.27. The van der Waals surface area contributed by atoms with Crippen molar-refractivity contribution in [1.29, 1.82) is 0 Å².